The molecule has 1 fully saturated rings. The molecule has 0 spiro atoms. The fourth-order valence-electron chi connectivity index (χ4n) is 3.68. The molecule has 1 amide bonds. The van der Waals surface area contributed by atoms with Crippen LogP contribution in [0.2, 0.25) is 0 Å². The number of aromatic amines is 1. The minimum atomic E-state index is -0.546. The van der Waals surface area contributed by atoms with Crippen LogP contribution in [0.4, 0.5) is 0 Å². The number of H-pyrrole nitrogens is 1. The smallest absolute Gasteiger partial charge is 0.328 e. The lowest BCUT2D eigenvalue weighted by molar-refractivity contribution is -0.135. The molecule has 1 N–H and O–H groups in total. The van der Waals surface area contributed by atoms with Gasteiger partial charge < -0.3 is 9.80 Å². The third-order valence-electron chi connectivity index (χ3n) is 5.43. The summed E-state index contributed by atoms with van der Waals surface area (Å²) in [6, 6.07) is 10.3. The molecular weight excluding hydrogens is 356 g/mol. The number of likely N-dealkylation sites (tertiary alicyclic amines) is 1. The number of carbonyl (C=O) groups excluding carboxylic acids is 1. The summed E-state index contributed by atoms with van der Waals surface area (Å²) in [5.74, 6) is -0.0842. The number of piperidine rings is 1. The van der Waals surface area contributed by atoms with Gasteiger partial charge in [0.05, 0.1) is 0 Å². The van der Waals surface area contributed by atoms with Crippen LogP contribution in [0.3, 0.4) is 0 Å². The molecule has 1 aromatic carbocycles. The number of hydrogen-bond donors (Lipinski definition) is 1. The van der Waals surface area contributed by atoms with Gasteiger partial charge in [-0.1, -0.05) is 30.3 Å². The van der Waals surface area contributed by atoms with E-state index in [1.165, 1.54) is 16.3 Å². The Morgan fingerprint density at radius 2 is 1.86 bits per heavy atom. The van der Waals surface area contributed by atoms with E-state index in [0.717, 1.165) is 32.4 Å². The lowest BCUT2D eigenvalue weighted by atomic mass is 10.0. The van der Waals surface area contributed by atoms with Crippen molar-refractivity contribution in [3.8, 4) is 0 Å². The first-order chi connectivity index (χ1) is 13.4. The van der Waals surface area contributed by atoms with E-state index in [1.54, 1.807) is 6.92 Å². The predicted octanol–water partition coefficient (Wildman–Crippen LogP) is 1.01. The zero-order valence-electron chi connectivity index (χ0n) is 16.6. The highest BCUT2D eigenvalue weighted by molar-refractivity contribution is 5.76. The Hall–Kier alpha value is -2.67. The second-order valence-electron chi connectivity index (χ2n) is 7.56. The number of nitrogens with one attached hydrogen (secondary N) is 1. The number of nitrogens with zero attached hydrogens (tertiary/aromatic N) is 3. The van der Waals surface area contributed by atoms with Crippen molar-refractivity contribution in [2.75, 3.05) is 26.7 Å². The van der Waals surface area contributed by atoms with Crippen molar-refractivity contribution in [3.05, 3.63) is 68.5 Å². The second-order valence-corrected chi connectivity index (χ2v) is 7.56. The van der Waals surface area contributed by atoms with Crippen LogP contribution in [-0.2, 0) is 17.8 Å². The minimum absolute atomic E-state index is 0.0580. The summed E-state index contributed by atoms with van der Waals surface area (Å²) in [6.07, 6.45) is 4.09. The summed E-state index contributed by atoms with van der Waals surface area (Å²) in [5, 5.41) is 0. The van der Waals surface area contributed by atoms with E-state index in [-0.39, 0.29) is 18.5 Å². The highest BCUT2D eigenvalue weighted by Gasteiger charge is 2.27. The summed E-state index contributed by atoms with van der Waals surface area (Å²) >= 11 is 0. The average molecular weight is 384 g/mol. The molecule has 0 unspecified atom stereocenters. The number of amides is 1. The quantitative estimate of drug-likeness (QED) is 0.806. The molecule has 0 radical (unpaired) electrons. The van der Waals surface area contributed by atoms with Gasteiger partial charge in [0.2, 0.25) is 5.91 Å². The van der Waals surface area contributed by atoms with Crippen molar-refractivity contribution in [1.29, 1.82) is 0 Å². The number of aromatic nitrogens is 2. The predicted molar refractivity (Wildman–Crippen MR) is 108 cm³/mol. The van der Waals surface area contributed by atoms with Gasteiger partial charge in [0, 0.05) is 24.3 Å². The monoisotopic (exact) mass is 384 g/mol. The maximum absolute atomic E-state index is 13.1. The van der Waals surface area contributed by atoms with E-state index in [9.17, 15) is 14.4 Å². The molecule has 0 aliphatic carbocycles. The Kier molecular flexibility index (Phi) is 6.46. The second kappa shape index (κ2) is 9.01. The van der Waals surface area contributed by atoms with Crippen molar-refractivity contribution >= 4 is 5.91 Å². The number of rotatable bonds is 6. The van der Waals surface area contributed by atoms with E-state index >= 15 is 0 Å². The van der Waals surface area contributed by atoms with Crippen molar-refractivity contribution in [1.82, 2.24) is 19.4 Å². The van der Waals surface area contributed by atoms with Crippen molar-refractivity contribution in [3.63, 3.8) is 0 Å². The highest BCUT2D eigenvalue weighted by atomic mass is 16.2. The summed E-state index contributed by atoms with van der Waals surface area (Å²) in [7, 11) is 2.09. The lowest BCUT2D eigenvalue weighted by Crippen LogP contribution is -2.49. The average Bonchev–Trinajstić information content (AvgIpc) is 2.68. The number of benzene rings is 1. The SMILES string of the molecule is Cc1cn(CC(=O)N(CCc2ccccc2)C2CCN(C)CC2)c(=O)[nH]c1=O. The molecule has 2 aromatic rings. The fourth-order valence-corrected chi connectivity index (χ4v) is 3.68. The van der Waals surface area contributed by atoms with E-state index in [2.05, 4.69) is 29.1 Å². The van der Waals surface area contributed by atoms with Gasteiger partial charge in [-0.25, -0.2) is 4.79 Å². The molecular formula is C21H28N4O3. The first-order valence-corrected chi connectivity index (χ1v) is 9.76. The molecule has 7 nitrogen and oxygen atoms in total. The van der Waals surface area contributed by atoms with Gasteiger partial charge in [-0.3, -0.25) is 19.1 Å². The van der Waals surface area contributed by atoms with Gasteiger partial charge in [-0.15, -0.1) is 0 Å². The Balaban J connectivity index is 1.77. The number of aryl methyl sites for hydroxylation is 1. The maximum Gasteiger partial charge on any atom is 0.328 e. The summed E-state index contributed by atoms with van der Waals surface area (Å²) in [4.78, 5) is 43.2. The zero-order valence-corrected chi connectivity index (χ0v) is 16.6. The van der Waals surface area contributed by atoms with Crippen LogP contribution in [0.25, 0.3) is 0 Å². The Labute approximate surface area is 164 Å². The number of carbonyl (C=O) groups is 1. The van der Waals surface area contributed by atoms with Crippen LogP contribution in [0, 0.1) is 6.92 Å². The first kappa shape index (κ1) is 20.1. The standard InChI is InChI=1S/C21H28N4O3/c1-16-14-24(21(28)22-20(16)27)15-19(26)25(18-9-11-23(2)12-10-18)13-8-17-6-4-3-5-7-17/h3-7,14,18H,8-13,15H2,1-2H3,(H,22,27,28). The molecule has 2 heterocycles. The van der Waals surface area contributed by atoms with Crippen LogP contribution in [0.5, 0.6) is 0 Å². The largest absolute Gasteiger partial charge is 0.338 e. The molecule has 28 heavy (non-hydrogen) atoms. The summed E-state index contributed by atoms with van der Waals surface area (Å²) in [5.41, 5.74) is 0.646. The van der Waals surface area contributed by atoms with E-state index in [1.807, 2.05) is 23.1 Å². The molecule has 1 aliphatic heterocycles. The molecule has 7 heteroatoms. The third-order valence-corrected chi connectivity index (χ3v) is 5.43. The molecule has 0 atom stereocenters. The van der Waals surface area contributed by atoms with Crippen molar-refractivity contribution in [2.24, 2.45) is 0 Å². The minimum Gasteiger partial charge on any atom is -0.338 e. The van der Waals surface area contributed by atoms with Crippen molar-refractivity contribution < 1.29 is 4.79 Å². The normalized spacial score (nSPS) is 15.5. The molecule has 3 rings (SSSR count). The molecule has 1 aliphatic rings. The highest BCUT2D eigenvalue weighted by Crippen LogP contribution is 2.17. The summed E-state index contributed by atoms with van der Waals surface area (Å²) in [6.45, 7) is 4.10. The summed E-state index contributed by atoms with van der Waals surface area (Å²) < 4.78 is 1.30. The molecule has 0 saturated carbocycles. The zero-order chi connectivity index (χ0) is 20.1. The van der Waals surface area contributed by atoms with E-state index in [4.69, 9.17) is 0 Å². The van der Waals surface area contributed by atoms with Crippen molar-refractivity contribution in [2.45, 2.75) is 38.8 Å². The van der Waals surface area contributed by atoms with Crippen LogP contribution < -0.4 is 11.2 Å². The van der Waals surface area contributed by atoms with E-state index in [0.29, 0.717) is 12.1 Å². The number of hydrogen-bond acceptors (Lipinski definition) is 4. The Morgan fingerprint density at radius 1 is 1.18 bits per heavy atom. The molecule has 150 valence electrons. The first-order valence-electron chi connectivity index (χ1n) is 9.76. The van der Waals surface area contributed by atoms with Gasteiger partial charge in [0.15, 0.2) is 0 Å². The van der Waals surface area contributed by atoms with Gasteiger partial charge >= 0.3 is 5.69 Å². The Morgan fingerprint density at radius 3 is 2.54 bits per heavy atom. The molecule has 1 saturated heterocycles. The fraction of sp³-hybridized carbons (Fsp3) is 0.476. The maximum atomic E-state index is 13.1. The van der Waals surface area contributed by atoms with Gasteiger partial charge in [-0.05, 0) is 51.9 Å². The topological polar surface area (TPSA) is 78.4 Å². The van der Waals surface area contributed by atoms with Crippen LogP contribution in [-0.4, -0.2) is 58.0 Å². The van der Waals surface area contributed by atoms with Crippen LogP contribution >= 0.6 is 0 Å². The van der Waals surface area contributed by atoms with Gasteiger partial charge in [0.1, 0.15) is 6.54 Å². The van der Waals surface area contributed by atoms with E-state index < -0.39 is 11.2 Å². The molecule has 0 bridgehead atoms. The van der Waals surface area contributed by atoms with Gasteiger partial charge in [-0.2, -0.15) is 0 Å². The molecule has 1 aromatic heterocycles. The Bertz CT molecular complexity index is 911. The third kappa shape index (κ3) is 4.98. The van der Waals surface area contributed by atoms with Crippen LogP contribution in [0.1, 0.15) is 24.0 Å². The van der Waals surface area contributed by atoms with Crippen LogP contribution in [0.15, 0.2) is 46.1 Å². The lowest BCUT2D eigenvalue weighted by Gasteiger charge is -2.37. The van der Waals surface area contributed by atoms with Gasteiger partial charge in [0.25, 0.3) is 5.56 Å².